The van der Waals surface area contributed by atoms with Gasteiger partial charge in [-0.3, -0.25) is 4.79 Å². The molecule has 0 aromatic heterocycles. The standard InChI is InChI=1S/C22H25F2N3O2/c23-18-6-1-4-16(12-18)9-10-21(28)27-11-3-5-17(15-27)14-25-22(29)26-20-8-2-7-19(24)13-20/h1-2,4,6-8,12-13,17H,3,5,9-11,14-15H2,(H2,25,26,29). The van der Waals surface area contributed by atoms with E-state index in [2.05, 4.69) is 10.6 Å². The maximum absolute atomic E-state index is 13.3. The number of likely N-dealkylation sites (tertiary alicyclic amines) is 1. The molecule has 3 amide bonds. The number of benzene rings is 2. The second kappa shape index (κ2) is 10.0. The van der Waals surface area contributed by atoms with E-state index in [9.17, 15) is 18.4 Å². The van der Waals surface area contributed by atoms with Crippen molar-refractivity contribution in [3.05, 3.63) is 65.7 Å². The van der Waals surface area contributed by atoms with Crippen molar-refractivity contribution < 1.29 is 18.4 Å². The van der Waals surface area contributed by atoms with Gasteiger partial charge in [-0.2, -0.15) is 0 Å². The van der Waals surface area contributed by atoms with E-state index in [1.54, 1.807) is 12.1 Å². The molecule has 5 nitrogen and oxygen atoms in total. The molecule has 1 atom stereocenters. The second-order valence-corrected chi connectivity index (χ2v) is 7.32. The van der Waals surface area contributed by atoms with Gasteiger partial charge in [0.25, 0.3) is 0 Å². The fourth-order valence-electron chi connectivity index (χ4n) is 3.54. The highest BCUT2D eigenvalue weighted by Gasteiger charge is 2.23. The molecule has 0 saturated carbocycles. The van der Waals surface area contributed by atoms with Crippen molar-refractivity contribution in [3.63, 3.8) is 0 Å². The Hall–Kier alpha value is -2.96. The summed E-state index contributed by atoms with van der Waals surface area (Å²) < 4.78 is 26.4. The van der Waals surface area contributed by atoms with Gasteiger partial charge >= 0.3 is 6.03 Å². The Morgan fingerprint density at radius 1 is 1.07 bits per heavy atom. The van der Waals surface area contributed by atoms with Crippen LogP contribution in [0.1, 0.15) is 24.8 Å². The summed E-state index contributed by atoms with van der Waals surface area (Å²) >= 11 is 0. The number of hydrogen-bond donors (Lipinski definition) is 2. The van der Waals surface area contributed by atoms with Crippen LogP contribution in [0.2, 0.25) is 0 Å². The highest BCUT2D eigenvalue weighted by molar-refractivity contribution is 5.89. The van der Waals surface area contributed by atoms with Gasteiger partial charge in [-0.25, -0.2) is 13.6 Å². The molecule has 0 aliphatic carbocycles. The summed E-state index contributed by atoms with van der Waals surface area (Å²) in [5.41, 5.74) is 1.20. The average Bonchev–Trinajstić information content (AvgIpc) is 2.71. The molecule has 29 heavy (non-hydrogen) atoms. The normalized spacial score (nSPS) is 16.3. The van der Waals surface area contributed by atoms with Crippen LogP contribution in [0.4, 0.5) is 19.3 Å². The number of urea groups is 1. The van der Waals surface area contributed by atoms with E-state index in [-0.39, 0.29) is 17.6 Å². The van der Waals surface area contributed by atoms with Crippen LogP contribution in [0.3, 0.4) is 0 Å². The quantitative estimate of drug-likeness (QED) is 0.770. The topological polar surface area (TPSA) is 61.4 Å². The van der Waals surface area contributed by atoms with E-state index in [0.29, 0.717) is 38.2 Å². The van der Waals surface area contributed by atoms with Crippen LogP contribution in [0.15, 0.2) is 48.5 Å². The first-order valence-electron chi connectivity index (χ1n) is 9.82. The zero-order valence-electron chi connectivity index (χ0n) is 16.2. The number of nitrogens with one attached hydrogen (secondary N) is 2. The van der Waals surface area contributed by atoms with Crippen molar-refractivity contribution in [1.29, 1.82) is 0 Å². The minimum absolute atomic E-state index is 0.0446. The number of carbonyl (C=O) groups is 2. The maximum atomic E-state index is 13.3. The molecule has 1 fully saturated rings. The molecule has 0 radical (unpaired) electrons. The Bertz CT molecular complexity index is 859. The molecule has 1 aliphatic heterocycles. The van der Waals surface area contributed by atoms with E-state index in [4.69, 9.17) is 0 Å². The van der Waals surface area contributed by atoms with Crippen molar-refractivity contribution in [2.24, 2.45) is 5.92 Å². The Morgan fingerprint density at radius 3 is 2.59 bits per heavy atom. The monoisotopic (exact) mass is 401 g/mol. The number of aryl methyl sites for hydroxylation is 1. The summed E-state index contributed by atoms with van der Waals surface area (Å²) in [7, 11) is 0. The summed E-state index contributed by atoms with van der Waals surface area (Å²) in [6.07, 6.45) is 2.65. The zero-order chi connectivity index (χ0) is 20.6. The number of piperidine rings is 1. The van der Waals surface area contributed by atoms with Crippen molar-refractivity contribution in [2.75, 3.05) is 25.0 Å². The van der Waals surface area contributed by atoms with Crippen molar-refractivity contribution in [3.8, 4) is 0 Å². The van der Waals surface area contributed by atoms with Crippen molar-refractivity contribution in [1.82, 2.24) is 10.2 Å². The third kappa shape index (κ3) is 6.55. The number of nitrogens with zero attached hydrogens (tertiary/aromatic N) is 1. The third-order valence-electron chi connectivity index (χ3n) is 5.02. The van der Waals surface area contributed by atoms with Crippen LogP contribution < -0.4 is 10.6 Å². The van der Waals surface area contributed by atoms with E-state index < -0.39 is 11.8 Å². The number of amides is 3. The molecule has 2 aromatic carbocycles. The lowest BCUT2D eigenvalue weighted by Crippen LogP contribution is -2.44. The van der Waals surface area contributed by atoms with Crippen molar-refractivity contribution >= 4 is 17.6 Å². The molecule has 1 saturated heterocycles. The first kappa shape index (κ1) is 20.8. The van der Waals surface area contributed by atoms with Gasteiger partial charge in [-0.05, 0) is 61.1 Å². The largest absolute Gasteiger partial charge is 0.342 e. The molecule has 3 rings (SSSR count). The Kier molecular flexibility index (Phi) is 7.16. The van der Waals surface area contributed by atoms with Crippen LogP contribution in [0.25, 0.3) is 0 Å². The van der Waals surface area contributed by atoms with Gasteiger partial charge in [0.05, 0.1) is 0 Å². The van der Waals surface area contributed by atoms with Crippen LogP contribution in [0, 0.1) is 17.6 Å². The molecule has 7 heteroatoms. The van der Waals surface area contributed by atoms with Gasteiger partial charge in [0.2, 0.25) is 5.91 Å². The van der Waals surface area contributed by atoms with Gasteiger partial charge < -0.3 is 15.5 Å². The number of halogens is 2. The van der Waals surface area contributed by atoms with Gasteiger partial charge in [-0.1, -0.05) is 18.2 Å². The highest BCUT2D eigenvalue weighted by Crippen LogP contribution is 2.18. The summed E-state index contributed by atoms with van der Waals surface area (Å²) in [5.74, 6) is -0.499. The van der Waals surface area contributed by atoms with Gasteiger partial charge in [0, 0.05) is 31.7 Å². The summed E-state index contributed by atoms with van der Waals surface area (Å²) in [6.45, 7) is 1.73. The fraction of sp³-hybridized carbons (Fsp3) is 0.364. The van der Waals surface area contributed by atoms with Gasteiger partial charge in [0.1, 0.15) is 11.6 Å². The molecule has 2 N–H and O–H groups in total. The highest BCUT2D eigenvalue weighted by atomic mass is 19.1. The second-order valence-electron chi connectivity index (χ2n) is 7.32. The van der Waals surface area contributed by atoms with Crippen molar-refractivity contribution in [2.45, 2.75) is 25.7 Å². The number of hydrogen-bond acceptors (Lipinski definition) is 2. The third-order valence-corrected chi connectivity index (χ3v) is 5.02. The maximum Gasteiger partial charge on any atom is 0.319 e. The summed E-state index contributed by atoms with van der Waals surface area (Å²) in [6, 6.07) is 11.6. The minimum Gasteiger partial charge on any atom is -0.342 e. The first-order valence-corrected chi connectivity index (χ1v) is 9.82. The SMILES string of the molecule is O=C(NCC1CCCN(C(=O)CCc2cccc(F)c2)C1)Nc1cccc(F)c1. The van der Waals surface area contributed by atoms with Crippen LogP contribution >= 0.6 is 0 Å². The lowest BCUT2D eigenvalue weighted by Gasteiger charge is -2.33. The number of rotatable bonds is 6. The van der Waals surface area contributed by atoms with Crippen LogP contribution in [-0.2, 0) is 11.2 Å². The number of anilines is 1. The van der Waals surface area contributed by atoms with Gasteiger partial charge in [-0.15, -0.1) is 0 Å². The van der Waals surface area contributed by atoms with E-state index in [0.717, 1.165) is 18.4 Å². The molecular formula is C22H25F2N3O2. The molecule has 1 aliphatic rings. The van der Waals surface area contributed by atoms with Gasteiger partial charge in [0.15, 0.2) is 0 Å². The molecule has 0 spiro atoms. The van der Waals surface area contributed by atoms with E-state index in [1.165, 1.54) is 30.3 Å². The van der Waals surface area contributed by atoms with E-state index >= 15 is 0 Å². The predicted octanol–water partition coefficient (Wildman–Crippen LogP) is 3.96. The zero-order valence-corrected chi connectivity index (χ0v) is 16.2. The summed E-state index contributed by atoms with van der Waals surface area (Å²) in [5, 5.41) is 5.39. The van der Waals surface area contributed by atoms with Crippen LogP contribution in [-0.4, -0.2) is 36.5 Å². The first-order chi connectivity index (χ1) is 14.0. The molecule has 1 unspecified atom stereocenters. The van der Waals surface area contributed by atoms with Crippen LogP contribution in [0.5, 0.6) is 0 Å². The number of carbonyl (C=O) groups excluding carboxylic acids is 2. The van der Waals surface area contributed by atoms with E-state index in [1.807, 2.05) is 11.0 Å². The molecule has 154 valence electrons. The molecular weight excluding hydrogens is 376 g/mol. The predicted molar refractivity (Wildman–Crippen MR) is 107 cm³/mol. The molecule has 2 aromatic rings. The summed E-state index contributed by atoms with van der Waals surface area (Å²) in [4.78, 5) is 26.3. The Labute approximate surface area is 169 Å². The Balaban J connectivity index is 1.42. The lowest BCUT2D eigenvalue weighted by molar-refractivity contribution is -0.132. The molecule has 0 bridgehead atoms. The minimum atomic E-state index is -0.414. The fourth-order valence-corrected chi connectivity index (χ4v) is 3.54. The average molecular weight is 401 g/mol. The smallest absolute Gasteiger partial charge is 0.319 e. The molecule has 1 heterocycles. The Morgan fingerprint density at radius 2 is 1.83 bits per heavy atom. The lowest BCUT2D eigenvalue weighted by atomic mass is 9.97.